The average molecular weight is 430 g/mol. The number of methoxy groups -OCH3 is 1. The van der Waals surface area contributed by atoms with E-state index in [0.29, 0.717) is 15.9 Å². The van der Waals surface area contributed by atoms with E-state index in [0.717, 1.165) is 23.6 Å². The van der Waals surface area contributed by atoms with Crippen LogP contribution in [0.25, 0.3) is 0 Å². The number of anilines is 1. The minimum Gasteiger partial charge on any atom is -0.497 e. The van der Waals surface area contributed by atoms with E-state index >= 15 is 0 Å². The van der Waals surface area contributed by atoms with Crippen molar-refractivity contribution in [2.75, 3.05) is 17.9 Å². The van der Waals surface area contributed by atoms with Crippen LogP contribution < -0.4 is 15.5 Å². The van der Waals surface area contributed by atoms with E-state index in [-0.39, 0.29) is 11.9 Å². The molecule has 2 unspecified atom stereocenters. The third kappa shape index (κ3) is 4.04. The van der Waals surface area contributed by atoms with Gasteiger partial charge in [0.15, 0.2) is 5.82 Å². The maximum absolute atomic E-state index is 13.2. The largest absolute Gasteiger partial charge is 0.497 e. The van der Waals surface area contributed by atoms with E-state index in [9.17, 15) is 4.79 Å². The van der Waals surface area contributed by atoms with Crippen LogP contribution in [-0.2, 0) is 11.2 Å². The highest BCUT2D eigenvalue weighted by molar-refractivity contribution is 8.00. The molecule has 0 saturated carbocycles. The average Bonchev–Trinajstić information content (AvgIpc) is 3.16. The highest BCUT2D eigenvalue weighted by Crippen LogP contribution is 2.38. The molecule has 1 aromatic heterocycles. The number of aryl methyl sites for hydroxylation is 1. The van der Waals surface area contributed by atoms with E-state index < -0.39 is 5.25 Å². The molecule has 0 spiro atoms. The third-order valence-corrected chi connectivity index (χ3v) is 6.13. The summed E-state index contributed by atoms with van der Waals surface area (Å²) in [5.74, 6) is 1.43. The summed E-state index contributed by atoms with van der Waals surface area (Å²) in [6.07, 6.45) is 0.733. The van der Waals surface area contributed by atoms with Gasteiger partial charge >= 0.3 is 0 Å². The summed E-state index contributed by atoms with van der Waals surface area (Å²) in [5.41, 5.74) is 5.07. The molecule has 150 valence electrons. The summed E-state index contributed by atoms with van der Waals surface area (Å²) in [4.78, 5) is 13.2. The second kappa shape index (κ2) is 8.34. The molecule has 1 amide bonds. The molecule has 2 atom stereocenters. The topological polar surface area (TPSA) is 81.1 Å². The van der Waals surface area contributed by atoms with Gasteiger partial charge in [0, 0.05) is 17.1 Å². The predicted octanol–water partition coefficient (Wildman–Crippen LogP) is 3.90. The molecule has 2 N–H and O–H groups in total. The molecule has 4 rings (SSSR count). The number of nitrogens with one attached hydrogen (secondary N) is 2. The number of nitrogens with zero attached hydrogens (tertiary/aromatic N) is 3. The Morgan fingerprint density at radius 3 is 2.59 bits per heavy atom. The number of carbonyl (C=O) groups is 1. The van der Waals surface area contributed by atoms with Crippen molar-refractivity contribution in [2.24, 2.45) is 0 Å². The summed E-state index contributed by atoms with van der Waals surface area (Å²) in [7, 11) is 1.61. The zero-order chi connectivity index (χ0) is 20.4. The van der Waals surface area contributed by atoms with Gasteiger partial charge < -0.3 is 15.5 Å². The summed E-state index contributed by atoms with van der Waals surface area (Å²) < 4.78 is 7.03. The van der Waals surface area contributed by atoms with Gasteiger partial charge in [0.1, 0.15) is 11.0 Å². The Balaban J connectivity index is 1.63. The number of aromatic nitrogens is 3. The summed E-state index contributed by atoms with van der Waals surface area (Å²) in [5, 5.41) is 12.3. The number of hydrogen-bond donors (Lipinski definition) is 2. The normalized spacial score (nSPS) is 17.9. The fourth-order valence-corrected chi connectivity index (χ4v) is 4.36. The smallest absolute Gasteiger partial charge is 0.240 e. The number of thioether (sulfide) groups is 1. The lowest BCUT2D eigenvalue weighted by Gasteiger charge is -2.33. The van der Waals surface area contributed by atoms with Crippen LogP contribution in [0.3, 0.4) is 0 Å². The second-order valence-corrected chi connectivity index (χ2v) is 8.05. The second-order valence-electron chi connectivity index (χ2n) is 6.50. The van der Waals surface area contributed by atoms with E-state index in [1.807, 2.05) is 60.1 Å². The van der Waals surface area contributed by atoms with Crippen molar-refractivity contribution in [1.82, 2.24) is 14.9 Å². The molecular formula is C20H20ClN5O2S. The maximum atomic E-state index is 13.2. The van der Waals surface area contributed by atoms with Gasteiger partial charge in [0.05, 0.1) is 13.2 Å². The van der Waals surface area contributed by atoms with Crippen molar-refractivity contribution in [2.45, 2.75) is 29.8 Å². The lowest BCUT2D eigenvalue weighted by atomic mass is 10.0. The van der Waals surface area contributed by atoms with E-state index in [4.69, 9.17) is 16.3 Å². The SMILES string of the molecule is CCc1nnc2n1NC(c1ccc(Cl)cc1)C(C(=O)Nc1ccc(OC)cc1)S2. The van der Waals surface area contributed by atoms with Gasteiger partial charge in [-0.2, -0.15) is 0 Å². The fourth-order valence-electron chi connectivity index (χ4n) is 3.14. The highest BCUT2D eigenvalue weighted by atomic mass is 35.5. The zero-order valence-corrected chi connectivity index (χ0v) is 17.5. The highest BCUT2D eigenvalue weighted by Gasteiger charge is 2.37. The first-order valence-electron chi connectivity index (χ1n) is 9.17. The molecule has 3 aromatic rings. The van der Waals surface area contributed by atoms with Crippen molar-refractivity contribution >= 4 is 35.0 Å². The first-order chi connectivity index (χ1) is 14.1. The number of hydrogen-bond acceptors (Lipinski definition) is 6. The molecule has 1 aliphatic heterocycles. The number of benzene rings is 2. The monoisotopic (exact) mass is 429 g/mol. The van der Waals surface area contributed by atoms with Crippen LogP contribution in [0.5, 0.6) is 5.75 Å². The van der Waals surface area contributed by atoms with Gasteiger partial charge in [-0.25, -0.2) is 4.68 Å². The van der Waals surface area contributed by atoms with Gasteiger partial charge in [-0.15, -0.1) is 10.2 Å². The molecule has 1 aliphatic rings. The van der Waals surface area contributed by atoms with Crippen molar-refractivity contribution in [1.29, 1.82) is 0 Å². The van der Waals surface area contributed by atoms with Gasteiger partial charge in [0.2, 0.25) is 11.1 Å². The summed E-state index contributed by atoms with van der Waals surface area (Å²) >= 11 is 7.44. The van der Waals surface area contributed by atoms with Crippen molar-refractivity contribution in [3.63, 3.8) is 0 Å². The molecule has 0 fully saturated rings. The maximum Gasteiger partial charge on any atom is 0.240 e. The summed E-state index contributed by atoms with van der Waals surface area (Å²) in [6.45, 7) is 2.02. The quantitative estimate of drug-likeness (QED) is 0.640. The Kier molecular flexibility index (Phi) is 5.64. The number of fused-ring (bicyclic) bond motifs is 1. The first-order valence-corrected chi connectivity index (χ1v) is 10.4. The Morgan fingerprint density at radius 2 is 1.93 bits per heavy atom. The van der Waals surface area contributed by atoms with Gasteiger partial charge in [-0.05, 0) is 42.0 Å². The Labute approximate surface area is 177 Å². The van der Waals surface area contributed by atoms with Crippen LogP contribution in [-0.4, -0.2) is 33.1 Å². The molecule has 29 heavy (non-hydrogen) atoms. The molecule has 2 heterocycles. The minimum absolute atomic E-state index is 0.125. The number of ether oxygens (including phenoxy) is 1. The number of halogens is 1. The Hall–Kier alpha value is -2.71. The van der Waals surface area contributed by atoms with Crippen LogP contribution in [0.2, 0.25) is 5.02 Å². The van der Waals surface area contributed by atoms with Crippen LogP contribution in [0.4, 0.5) is 5.69 Å². The van der Waals surface area contributed by atoms with E-state index in [1.54, 1.807) is 7.11 Å². The van der Waals surface area contributed by atoms with Gasteiger partial charge in [0.25, 0.3) is 0 Å². The molecule has 7 nitrogen and oxygen atoms in total. The van der Waals surface area contributed by atoms with Crippen molar-refractivity contribution in [3.05, 3.63) is 64.9 Å². The van der Waals surface area contributed by atoms with E-state index in [2.05, 4.69) is 20.9 Å². The molecular weight excluding hydrogens is 410 g/mol. The lowest BCUT2D eigenvalue weighted by molar-refractivity contribution is -0.116. The number of amides is 1. The zero-order valence-electron chi connectivity index (χ0n) is 15.9. The van der Waals surface area contributed by atoms with E-state index in [1.165, 1.54) is 11.8 Å². The molecule has 0 aliphatic carbocycles. The van der Waals surface area contributed by atoms with Gasteiger partial charge in [-0.1, -0.05) is 42.4 Å². The van der Waals surface area contributed by atoms with Crippen LogP contribution in [0.1, 0.15) is 24.4 Å². The van der Waals surface area contributed by atoms with Crippen LogP contribution >= 0.6 is 23.4 Å². The Morgan fingerprint density at radius 1 is 1.21 bits per heavy atom. The lowest BCUT2D eigenvalue weighted by Crippen LogP contribution is -2.41. The molecule has 9 heteroatoms. The molecule has 2 aromatic carbocycles. The first kappa shape index (κ1) is 19.6. The molecule has 0 radical (unpaired) electrons. The fraction of sp³-hybridized carbons (Fsp3) is 0.250. The van der Waals surface area contributed by atoms with Crippen molar-refractivity contribution in [3.8, 4) is 5.75 Å². The van der Waals surface area contributed by atoms with Crippen LogP contribution in [0, 0.1) is 0 Å². The number of rotatable bonds is 5. The number of carbonyl (C=O) groups excluding carboxylic acids is 1. The van der Waals surface area contributed by atoms with Crippen molar-refractivity contribution < 1.29 is 9.53 Å². The molecule has 0 saturated heterocycles. The Bertz CT molecular complexity index is 1010. The third-order valence-electron chi connectivity index (χ3n) is 4.67. The molecule has 0 bridgehead atoms. The predicted molar refractivity (Wildman–Crippen MR) is 114 cm³/mol. The minimum atomic E-state index is -0.445. The standard InChI is InChI=1S/C20H20ClN5O2S/c1-3-16-23-24-20-26(16)25-17(12-4-6-13(21)7-5-12)18(29-20)19(27)22-14-8-10-15(28-2)11-9-14/h4-11,17-18,25H,3H2,1-2H3,(H,22,27). The summed E-state index contributed by atoms with van der Waals surface area (Å²) in [6, 6.07) is 14.5. The van der Waals surface area contributed by atoms with Crippen LogP contribution in [0.15, 0.2) is 53.7 Å². The van der Waals surface area contributed by atoms with Gasteiger partial charge in [-0.3, -0.25) is 4.79 Å².